The van der Waals surface area contributed by atoms with E-state index < -0.39 is 41.9 Å². The highest BCUT2D eigenvalue weighted by Crippen LogP contribution is 2.40. The number of alkyl halides is 3. The molecule has 11 nitrogen and oxygen atoms in total. The summed E-state index contributed by atoms with van der Waals surface area (Å²) in [5.41, 5.74) is -0.332. The highest BCUT2D eigenvalue weighted by atomic mass is 35.5. The molecule has 0 saturated carbocycles. The molecule has 1 aromatic rings. The Kier molecular flexibility index (Phi) is 9.32. The Balaban J connectivity index is 1.87. The van der Waals surface area contributed by atoms with E-state index in [1.807, 2.05) is 0 Å². The van der Waals surface area contributed by atoms with Gasteiger partial charge in [-0.15, -0.1) is 0 Å². The van der Waals surface area contributed by atoms with E-state index in [1.54, 1.807) is 11.9 Å². The fraction of sp³-hybridized carbons (Fsp3) is 0.474. The van der Waals surface area contributed by atoms with Crippen molar-refractivity contribution >= 4 is 29.8 Å². The third-order valence-electron chi connectivity index (χ3n) is 4.36. The van der Waals surface area contributed by atoms with Gasteiger partial charge in [-0.05, 0) is 37.7 Å². The number of carbonyl (C=O) groups is 2. The van der Waals surface area contributed by atoms with Crippen molar-refractivity contribution in [1.82, 2.24) is 4.90 Å². The summed E-state index contributed by atoms with van der Waals surface area (Å²) in [6, 6.07) is 2.76. The summed E-state index contributed by atoms with van der Waals surface area (Å²) in [5.74, 6) is -1.48. The molecule has 0 unspecified atom stereocenters. The Morgan fingerprint density at radius 1 is 1.21 bits per heavy atom. The summed E-state index contributed by atoms with van der Waals surface area (Å²) in [7, 11) is 1.61. The lowest BCUT2D eigenvalue weighted by Crippen LogP contribution is -2.41. The van der Waals surface area contributed by atoms with E-state index in [2.05, 4.69) is 14.3 Å². The minimum absolute atomic E-state index is 0.0682. The molecule has 1 aliphatic rings. The van der Waals surface area contributed by atoms with Crippen molar-refractivity contribution in [3.05, 3.63) is 38.8 Å². The Labute approximate surface area is 196 Å². The molecule has 0 aromatic heterocycles. The molecule has 0 fully saturated rings. The van der Waals surface area contributed by atoms with E-state index in [4.69, 9.17) is 26.3 Å². The first-order chi connectivity index (χ1) is 15.9. The summed E-state index contributed by atoms with van der Waals surface area (Å²) in [5, 5.41) is 7.83. The highest BCUT2D eigenvalue weighted by molar-refractivity contribution is 6.30. The number of carbonyl (C=O) groups excluding carboxylic acids is 2. The van der Waals surface area contributed by atoms with Crippen molar-refractivity contribution in [2.24, 2.45) is 0 Å². The molecule has 34 heavy (non-hydrogen) atoms. The minimum atomic E-state index is -4.92. The van der Waals surface area contributed by atoms with Crippen LogP contribution in [0.15, 0.2) is 17.7 Å². The number of benzene rings is 1. The average Bonchev–Trinajstić information content (AvgIpc) is 2.71. The number of fused-ring (bicyclic) bond motifs is 1. The lowest BCUT2D eigenvalue weighted by atomic mass is 9.99. The molecular formula is C19H21ClF3N2O9+. The maximum atomic E-state index is 13.5. The zero-order valence-corrected chi connectivity index (χ0v) is 18.7. The van der Waals surface area contributed by atoms with Crippen molar-refractivity contribution in [3.63, 3.8) is 0 Å². The van der Waals surface area contributed by atoms with Gasteiger partial charge in [-0.3, -0.25) is 4.90 Å². The molecular weight excluding hydrogens is 493 g/mol. The van der Waals surface area contributed by atoms with E-state index in [-0.39, 0.29) is 42.6 Å². The van der Waals surface area contributed by atoms with Crippen molar-refractivity contribution in [3.8, 4) is 5.75 Å². The van der Waals surface area contributed by atoms with Gasteiger partial charge in [0.25, 0.3) is 0 Å². The summed E-state index contributed by atoms with van der Waals surface area (Å²) in [4.78, 5) is 39.8. The second-order valence-electron chi connectivity index (χ2n) is 6.95. The Morgan fingerprint density at radius 3 is 2.53 bits per heavy atom. The number of esters is 1. The SMILES string of the molecule is Cc1cc(Cl)cc2c1O[C@H](C(F)(F)F)C(C(=O)OCOC(=O)OCCN(C)CCO[N+](=O)O)=C2. The molecule has 1 atom stereocenters. The van der Waals surface area contributed by atoms with Gasteiger partial charge in [0.1, 0.15) is 17.3 Å². The maximum Gasteiger partial charge on any atom is 0.511 e. The van der Waals surface area contributed by atoms with E-state index in [0.717, 1.165) is 6.08 Å². The number of aryl methyl sites for hydroxylation is 1. The zero-order chi connectivity index (χ0) is 25.5. The summed E-state index contributed by atoms with van der Waals surface area (Å²) >= 11 is 5.92. The first-order valence-corrected chi connectivity index (χ1v) is 9.95. The molecule has 2 rings (SSSR count). The number of nitrogens with zero attached hydrogens (tertiary/aromatic N) is 2. The predicted molar refractivity (Wildman–Crippen MR) is 107 cm³/mol. The van der Waals surface area contributed by atoms with E-state index >= 15 is 0 Å². The van der Waals surface area contributed by atoms with Gasteiger partial charge in [-0.1, -0.05) is 11.6 Å². The van der Waals surface area contributed by atoms with E-state index in [1.165, 1.54) is 19.1 Å². The minimum Gasteiger partial charge on any atom is -0.475 e. The number of ether oxygens (including phenoxy) is 4. The molecule has 0 bridgehead atoms. The second-order valence-corrected chi connectivity index (χ2v) is 7.38. The normalized spacial score (nSPS) is 15.0. The Morgan fingerprint density at radius 2 is 1.88 bits per heavy atom. The van der Waals surface area contributed by atoms with Crippen LogP contribution >= 0.6 is 11.6 Å². The maximum absolute atomic E-state index is 13.5. The van der Waals surface area contributed by atoms with Crippen LogP contribution in [0, 0.1) is 11.8 Å². The van der Waals surface area contributed by atoms with Crippen LogP contribution < -0.4 is 4.74 Å². The third kappa shape index (κ3) is 7.95. The topological polar surface area (TPSA) is 124 Å². The van der Waals surface area contributed by atoms with Crippen LogP contribution in [0.3, 0.4) is 0 Å². The van der Waals surface area contributed by atoms with Crippen LogP contribution in [0.4, 0.5) is 18.0 Å². The van der Waals surface area contributed by atoms with Gasteiger partial charge in [-0.25, -0.2) is 14.8 Å². The quantitative estimate of drug-likeness (QED) is 0.283. The lowest BCUT2D eigenvalue weighted by molar-refractivity contribution is -0.975. The lowest BCUT2D eigenvalue weighted by Gasteiger charge is -2.28. The van der Waals surface area contributed by atoms with E-state index in [0.29, 0.717) is 5.56 Å². The van der Waals surface area contributed by atoms with Crippen molar-refractivity contribution < 1.29 is 56.8 Å². The summed E-state index contributed by atoms with van der Waals surface area (Å²) in [6.45, 7) is 0.652. The second kappa shape index (κ2) is 11.7. The molecule has 0 saturated heterocycles. The molecule has 1 aromatic carbocycles. The predicted octanol–water partition coefficient (Wildman–Crippen LogP) is 3.04. The number of rotatable bonds is 10. The van der Waals surface area contributed by atoms with Gasteiger partial charge in [-0.2, -0.15) is 18.0 Å². The van der Waals surface area contributed by atoms with Gasteiger partial charge < -0.3 is 18.9 Å². The summed E-state index contributed by atoms with van der Waals surface area (Å²) < 4.78 is 59.4. The van der Waals surface area contributed by atoms with Gasteiger partial charge in [0.15, 0.2) is 6.61 Å². The van der Waals surface area contributed by atoms with Crippen LogP contribution in [0.25, 0.3) is 6.08 Å². The van der Waals surface area contributed by atoms with Crippen LogP contribution in [-0.4, -0.2) is 79.7 Å². The molecule has 1 N–H and O–H groups in total. The molecule has 1 heterocycles. The molecule has 0 amide bonds. The zero-order valence-electron chi connectivity index (χ0n) is 18.0. The number of likely N-dealkylation sites (N-methyl/N-ethyl adjacent to an activating group) is 1. The molecule has 0 radical (unpaired) electrons. The molecule has 1 aliphatic heterocycles. The largest absolute Gasteiger partial charge is 0.511 e. The number of halogens is 4. The van der Waals surface area contributed by atoms with E-state index in [9.17, 15) is 27.7 Å². The molecule has 0 aliphatic carbocycles. The van der Waals surface area contributed by atoms with Gasteiger partial charge in [0.05, 0.1) is 5.57 Å². The first-order valence-electron chi connectivity index (χ1n) is 9.58. The van der Waals surface area contributed by atoms with Crippen molar-refractivity contribution in [2.45, 2.75) is 19.2 Å². The molecule has 15 heteroatoms. The van der Waals surface area contributed by atoms with Gasteiger partial charge in [0.2, 0.25) is 12.9 Å². The van der Waals surface area contributed by atoms with Crippen LogP contribution in [0.5, 0.6) is 5.75 Å². The smallest absolute Gasteiger partial charge is 0.475 e. The highest BCUT2D eigenvalue weighted by Gasteiger charge is 2.49. The monoisotopic (exact) mass is 513 g/mol. The fourth-order valence-corrected chi connectivity index (χ4v) is 3.07. The standard InChI is InChI=1S/C19H21ClF3N2O9/c1-11-7-13(20)8-12-9-14(16(19(21,22)23)34-15(11)12)17(26)31-10-32-18(27)30-5-3-24(2)4-6-33-25(28)29/h7-9,16H,3-6,10H2,1-2H3,(H,28,29)/q+1/t16-/m0/s1. The molecule has 0 spiro atoms. The van der Waals surface area contributed by atoms with Crippen molar-refractivity contribution in [1.29, 1.82) is 0 Å². The van der Waals surface area contributed by atoms with Crippen LogP contribution in [0.1, 0.15) is 11.1 Å². The molecule has 188 valence electrons. The summed E-state index contributed by atoms with van der Waals surface area (Å²) in [6.07, 6.45) is -7.78. The fourth-order valence-electron chi connectivity index (χ4n) is 2.79. The van der Waals surface area contributed by atoms with Crippen LogP contribution in [0.2, 0.25) is 5.02 Å². The Bertz CT molecular complexity index is 956. The van der Waals surface area contributed by atoms with Crippen molar-refractivity contribution in [2.75, 3.05) is 40.1 Å². The number of hydrogen-bond donors (Lipinski definition) is 1. The number of hydrogen-bond acceptors (Lipinski definition) is 9. The van der Waals surface area contributed by atoms with Crippen LogP contribution in [-0.2, 0) is 23.8 Å². The van der Waals surface area contributed by atoms with Gasteiger partial charge >= 0.3 is 23.4 Å². The third-order valence-corrected chi connectivity index (χ3v) is 4.58. The average molecular weight is 514 g/mol. The Hall–Kier alpha value is -3.26. The first kappa shape index (κ1) is 27.0. The van der Waals surface area contributed by atoms with Gasteiger partial charge in [0, 0.05) is 23.7 Å².